The van der Waals surface area contributed by atoms with Crippen LogP contribution in [-0.2, 0) is 19.1 Å². The zero-order valence-corrected chi connectivity index (χ0v) is 21.2. The molecule has 3 rings (SSSR count). The summed E-state index contributed by atoms with van der Waals surface area (Å²) in [7, 11) is 0. The summed E-state index contributed by atoms with van der Waals surface area (Å²) in [6.45, 7) is 8.33. The number of allylic oxidation sites excluding steroid dienone is 3. The van der Waals surface area contributed by atoms with Crippen LogP contribution in [0.5, 0.6) is 0 Å². The maximum atomic E-state index is 12.5. The topological polar surface area (TPSA) is 72.8 Å². The number of aliphatic hydroxyl groups excluding tert-OH is 1. The van der Waals surface area contributed by atoms with Crippen LogP contribution < -0.4 is 29.6 Å². The quantitative estimate of drug-likeness (QED) is 0.510. The van der Waals surface area contributed by atoms with Gasteiger partial charge in [-0.1, -0.05) is 45.9 Å². The van der Waals surface area contributed by atoms with Crippen molar-refractivity contribution in [2.45, 2.75) is 84.5 Å². The van der Waals surface area contributed by atoms with Crippen LogP contribution in [0.15, 0.2) is 23.8 Å². The normalized spacial score (nSPS) is 36.6. The molecule has 1 aliphatic heterocycles. The van der Waals surface area contributed by atoms with E-state index in [4.69, 9.17) is 9.47 Å². The van der Waals surface area contributed by atoms with E-state index in [2.05, 4.69) is 32.1 Å². The summed E-state index contributed by atoms with van der Waals surface area (Å²) in [5.41, 5.74) is 1.27. The average molecular weight is 429 g/mol. The van der Waals surface area contributed by atoms with Crippen molar-refractivity contribution in [1.82, 2.24) is 0 Å². The Hall–Kier alpha value is -0.620. The van der Waals surface area contributed by atoms with E-state index in [9.17, 15) is 14.7 Å². The van der Waals surface area contributed by atoms with E-state index in [0.29, 0.717) is 24.2 Å². The Balaban J connectivity index is 0.00000240. The smallest absolute Gasteiger partial charge is 1.00 e. The van der Waals surface area contributed by atoms with Crippen LogP contribution in [0.3, 0.4) is 0 Å². The van der Waals surface area contributed by atoms with Gasteiger partial charge in [0, 0.05) is 12.3 Å². The molecule has 0 aromatic rings. The Bertz CT molecular complexity index is 679. The van der Waals surface area contributed by atoms with Crippen molar-refractivity contribution >= 4 is 11.9 Å². The number of carbonyl (C=O) groups is 2. The number of fused-ring (bicyclic) bond motifs is 1. The zero-order chi connectivity index (χ0) is 21.1. The van der Waals surface area contributed by atoms with Crippen LogP contribution in [0, 0.1) is 29.6 Å². The number of hydrogen-bond donors (Lipinski definition) is 1. The van der Waals surface area contributed by atoms with Crippen molar-refractivity contribution in [3.63, 3.8) is 0 Å². The molecule has 1 unspecified atom stereocenters. The second kappa shape index (κ2) is 11.3. The van der Waals surface area contributed by atoms with Crippen LogP contribution in [0.4, 0.5) is 0 Å². The first-order chi connectivity index (χ1) is 13.8. The molecule has 1 heterocycles. The SMILES string of the molecule is CC[C@H](C)C(=O)O[C@H]1C[C@@H](C)C=C2C=C[C@H](C)[C@H](CC[C@@H]3C[C@@H](O)CC(=O)O3)C21.[H-].[Na+]. The maximum Gasteiger partial charge on any atom is 1.00 e. The molecule has 0 aromatic heterocycles. The molecule has 1 N–H and O–H groups in total. The largest absolute Gasteiger partial charge is 1.00 e. The van der Waals surface area contributed by atoms with E-state index in [1.165, 1.54) is 5.57 Å². The fourth-order valence-electron chi connectivity index (χ4n) is 5.07. The number of hydrogen-bond acceptors (Lipinski definition) is 5. The van der Waals surface area contributed by atoms with E-state index >= 15 is 0 Å². The third-order valence-corrected chi connectivity index (χ3v) is 6.93. The third-order valence-electron chi connectivity index (χ3n) is 6.93. The molecule has 1 saturated heterocycles. The van der Waals surface area contributed by atoms with Gasteiger partial charge in [0.2, 0.25) is 0 Å². The van der Waals surface area contributed by atoms with E-state index in [-0.39, 0.29) is 73.4 Å². The minimum absolute atomic E-state index is 0. The molecule has 0 aromatic carbocycles. The predicted octanol–water partition coefficient (Wildman–Crippen LogP) is 1.31. The predicted molar refractivity (Wildman–Crippen MR) is 112 cm³/mol. The van der Waals surface area contributed by atoms with Gasteiger partial charge in [0.05, 0.1) is 18.4 Å². The van der Waals surface area contributed by atoms with Crippen LogP contribution >= 0.6 is 0 Å². The Morgan fingerprint density at radius 3 is 2.73 bits per heavy atom. The molecule has 0 amide bonds. The summed E-state index contributed by atoms with van der Waals surface area (Å²) < 4.78 is 11.5. The molecule has 0 radical (unpaired) electrons. The molecule has 6 heteroatoms. The van der Waals surface area contributed by atoms with Gasteiger partial charge in [0.1, 0.15) is 12.2 Å². The first kappa shape index (κ1) is 25.6. The minimum atomic E-state index is -0.597. The summed E-state index contributed by atoms with van der Waals surface area (Å²) >= 11 is 0. The molecule has 1 fully saturated rings. The van der Waals surface area contributed by atoms with Crippen LogP contribution in [-0.4, -0.2) is 35.4 Å². The van der Waals surface area contributed by atoms with Gasteiger partial charge in [0.15, 0.2) is 0 Å². The van der Waals surface area contributed by atoms with Crippen LogP contribution in [0.25, 0.3) is 0 Å². The summed E-state index contributed by atoms with van der Waals surface area (Å²) in [6, 6.07) is 0. The molecule has 8 atom stereocenters. The minimum Gasteiger partial charge on any atom is -1.00 e. The first-order valence-corrected chi connectivity index (χ1v) is 11.3. The van der Waals surface area contributed by atoms with Crippen molar-refractivity contribution < 1.29 is 55.2 Å². The van der Waals surface area contributed by atoms with Crippen molar-refractivity contribution in [3.8, 4) is 0 Å². The van der Waals surface area contributed by atoms with Gasteiger partial charge in [-0.2, -0.15) is 0 Å². The van der Waals surface area contributed by atoms with Gasteiger partial charge < -0.3 is 16.0 Å². The van der Waals surface area contributed by atoms with Gasteiger partial charge in [0.25, 0.3) is 0 Å². The van der Waals surface area contributed by atoms with E-state index in [1.54, 1.807) is 0 Å². The first-order valence-electron chi connectivity index (χ1n) is 11.3. The number of rotatable bonds is 6. The number of aliphatic hydroxyl groups is 1. The number of cyclic esters (lactones) is 1. The van der Waals surface area contributed by atoms with Crippen molar-refractivity contribution in [3.05, 3.63) is 23.8 Å². The van der Waals surface area contributed by atoms with E-state index < -0.39 is 6.10 Å². The molecule has 3 aliphatic rings. The van der Waals surface area contributed by atoms with Gasteiger partial charge in [-0.3, -0.25) is 9.59 Å². The maximum absolute atomic E-state index is 12.5. The Morgan fingerprint density at radius 1 is 1.33 bits per heavy atom. The van der Waals surface area contributed by atoms with Crippen molar-refractivity contribution in [1.29, 1.82) is 0 Å². The molecule has 5 nitrogen and oxygen atoms in total. The second-order valence-electron chi connectivity index (χ2n) is 9.36. The fourth-order valence-corrected chi connectivity index (χ4v) is 5.07. The monoisotopic (exact) mass is 428 g/mol. The summed E-state index contributed by atoms with van der Waals surface area (Å²) in [6.07, 6.45) is 9.70. The number of ether oxygens (including phenoxy) is 2. The summed E-state index contributed by atoms with van der Waals surface area (Å²) in [5, 5.41) is 9.89. The average Bonchev–Trinajstić information content (AvgIpc) is 2.65. The van der Waals surface area contributed by atoms with Crippen LogP contribution in [0.1, 0.15) is 67.6 Å². The fraction of sp³-hybridized carbons (Fsp3) is 0.750. The molecular formula is C24H37NaO5. The van der Waals surface area contributed by atoms with Gasteiger partial charge >= 0.3 is 41.5 Å². The second-order valence-corrected chi connectivity index (χ2v) is 9.36. The Morgan fingerprint density at radius 2 is 2.07 bits per heavy atom. The molecule has 164 valence electrons. The van der Waals surface area contributed by atoms with E-state index in [0.717, 1.165) is 25.7 Å². The van der Waals surface area contributed by atoms with Crippen molar-refractivity contribution in [2.24, 2.45) is 29.6 Å². The zero-order valence-electron chi connectivity index (χ0n) is 20.2. The van der Waals surface area contributed by atoms with Gasteiger partial charge in [-0.05, 0) is 49.0 Å². The summed E-state index contributed by atoms with van der Waals surface area (Å²) in [4.78, 5) is 24.2. The molecular weight excluding hydrogens is 391 g/mol. The molecule has 2 aliphatic carbocycles. The summed E-state index contributed by atoms with van der Waals surface area (Å²) in [5.74, 6) is 0.755. The van der Waals surface area contributed by atoms with Crippen LogP contribution in [0.2, 0.25) is 0 Å². The van der Waals surface area contributed by atoms with Gasteiger partial charge in [-0.25, -0.2) is 0 Å². The third kappa shape index (κ3) is 6.21. The van der Waals surface area contributed by atoms with Crippen molar-refractivity contribution in [2.75, 3.05) is 0 Å². The Labute approximate surface area is 204 Å². The molecule has 30 heavy (non-hydrogen) atoms. The molecule has 0 saturated carbocycles. The molecule has 0 bridgehead atoms. The van der Waals surface area contributed by atoms with Gasteiger partial charge in [-0.15, -0.1) is 0 Å². The van der Waals surface area contributed by atoms with E-state index in [1.807, 2.05) is 13.8 Å². The standard InChI is InChI=1S/C24H36O5.Na.H/c1-5-15(3)24(27)29-21-11-14(2)10-17-7-6-16(4)20(23(17)21)9-8-19-12-18(25)13-22(26)28-19;;/h6-7,10,14-16,18-21,23,25H,5,8-9,11-13H2,1-4H3;;/q;+1;-1/t14-,15-,16-,18+,19+,20-,21-,23?;;/m0../s1. The number of esters is 2. The number of carbonyl (C=O) groups excluding carboxylic acids is 2. The Kier molecular flexibility index (Phi) is 9.66. The molecule has 0 spiro atoms.